The summed E-state index contributed by atoms with van der Waals surface area (Å²) in [5.41, 5.74) is 3.25. The molecule has 0 aliphatic heterocycles. The molecule has 2 aromatic heterocycles. The number of aromatic nitrogens is 2. The summed E-state index contributed by atoms with van der Waals surface area (Å²) in [6.07, 6.45) is -2.62. The van der Waals surface area contributed by atoms with Crippen LogP contribution in [0.3, 0.4) is 0 Å². The SMILES string of the molecule is Cc1ccc(-c2noc3nc(C)cc(C(=O)NCC(F)F)c23)cc1. The average Bonchev–Trinajstić information content (AvgIpc) is 2.96. The van der Waals surface area contributed by atoms with Crippen LogP contribution < -0.4 is 5.32 Å². The largest absolute Gasteiger partial charge is 0.346 e. The Hall–Kier alpha value is -2.83. The van der Waals surface area contributed by atoms with Gasteiger partial charge in [0, 0.05) is 11.3 Å². The molecule has 0 aliphatic rings. The van der Waals surface area contributed by atoms with Crippen molar-refractivity contribution in [3.05, 3.63) is 47.2 Å². The number of fused-ring (bicyclic) bond motifs is 1. The Bertz CT molecular complexity index is 889. The van der Waals surface area contributed by atoms with E-state index in [0.717, 1.165) is 11.1 Å². The predicted octanol–water partition coefficient (Wildman–Crippen LogP) is 3.50. The molecular formula is C17H15F2N3O2. The molecule has 3 aromatic rings. The highest BCUT2D eigenvalue weighted by Crippen LogP contribution is 2.30. The summed E-state index contributed by atoms with van der Waals surface area (Å²) in [6, 6.07) is 9.07. The minimum Gasteiger partial charge on any atom is -0.346 e. The summed E-state index contributed by atoms with van der Waals surface area (Å²) in [5.74, 6) is -0.609. The van der Waals surface area contributed by atoms with Crippen LogP contribution in [0.2, 0.25) is 0 Å². The molecule has 0 atom stereocenters. The Kier molecular flexibility index (Phi) is 4.24. The number of amides is 1. The molecule has 1 aromatic carbocycles. The van der Waals surface area contributed by atoms with Gasteiger partial charge in [0.25, 0.3) is 18.0 Å². The van der Waals surface area contributed by atoms with Gasteiger partial charge in [-0.25, -0.2) is 13.8 Å². The molecule has 0 spiro atoms. The van der Waals surface area contributed by atoms with Crippen LogP contribution in [0.4, 0.5) is 8.78 Å². The van der Waals surface area contributed by atoms with Gasteiger partial charge in [-0.15, -0.1) is 0 Å². The van der Waals surface area contributed by atoms with Gasteiger partial charge in [-0.3, -0.25) is 4.79 Å². The van der Waals surface area contributed by atoms with Crippen molar-refractivity contribution in [2.45, 2.75) is 20.3 Å². The number of benzene rings is 1. The van der Waals surface area contributed by atoms with Crippen molar-refractivity contribution in [3.8, 4) is 11.3 Å². The fourth-order valence-corrected chi connectivity index (χ4v) is 2.43. The number of nitrogens with zero attached hydrogens (tertiary/aromatic N) is 2. The third-order valence-electron chi connectivity index (χ3n) is 3.56. The third kappa shape index (κ3) is 3.10. The molecule has 0 aliphatic carbocycles. The lowest BCUT2D eigenvalue weighted by Crippen LogP contribution is -2.28. The molecule has 0 saturated carbocycles. The van der Waals surface area contributed by atoms with Gasteiger partial charge in [-0.2, -0.15) is 0 Å². The summed E-state index contributed by atoms with van der Waals surface area (Å²) in [4.78, 5) is 16.5. The summed E-state index contributed by atoms with van der Waals surface area (Å²) < 4.78 is 30.0. The number of carbonyl (C=O) groups is 1. The molecule has 5 nitrogen and oxygen atoms in total. The number of hydrogen-bond donors (Lipinski definition) is 1. The lowest BCUT2D eigenvalue weighted by molar-refractivity contribution is 0.0893. The zero-order valence-electron chi connectivity index (χ0n) is 13.1. The number of hydrogen-bond acceptors (Lipinski definition) is 4. The monoisotopic (exact) mass is 331 g/mol. The number of pyridine rings is 1. The van der Waals surface area contributed by atoms with Crippen molar-refractivity contribution in [1.82, 2.24) is 15.5 Å². The third-order valence-corrected chi connectivity index (χ3v) is 3.56. The van der Waals surface area contributed by atoms with Crippen molar-refractivity contribution in [2.75, 3.05) is 6.54 Å². The van der Waals surface area contributed by atoms with Crippen LogP contribution >= 0.6 is 0 Å². The van der Waals surface area contributed by atoms with Crippen molar-refractivity contribution in [3.63, 3.8) is 0 Å². The molecule has 2 heterocycles. The predicted molar refractivity (Wildman–Crippen MR) is 85.1 cm³/mol. The molecule has 7 heteroatoms. The molecule has 124 valence electrons. The fourth-order valence-electron chi connectivity index (χ4n) is 2.43. The quantitative estimate of drug-likeness (QED) is 0.794. The van der Waals surface area contributed by atoms with E-state index in [2.05, 4.69) is 15.5 Å². The van der Waals surface area contributed by atoms with Crippen LogP contribution in [0.5, 0.6) is 0 Å². The second kappa shape index (κ2) is 6.35. The highest BCUT2D eigenvalue weighted by Gasteiger charge is 2.21. The molecule has 1 N–H and O–H groups in total. The summed E-state index contributed by atoms with van der Waals surface area (Å²) in [6.45, 7) is 2.93. The van der Waals surface area contributed by atoms with Gasteiger partial charge >= 0.3 is 0 Å². The zero-order valence-corrected chi connectivity index (χ0v) is 13.1. The van der Waals surface area contributed by atoms with Gasteiger partial charge in [0.1, 0.15) is 5.69 Å². The molecule has 1 amide bonds. The van der Waals surface area contributed by atoms with Crippen LogP contribution in [0.25, 0.3) is 22.4 Å². The Balaban J connectivity index is 2.12. The number of alkyl halides is 2. The number of halogens is 2. The van der Waals surface area contributed by atoms with Crippen LogP contribution in [0.15, 0.2) is 34.9 Å². The maximum absolute atomic E-state index is 12.4. The van der Waals surface area contributed by atoms with E-state index in [4.69, 9.17) is 4.52 Å². The Morgan fingerprint density at radius 1 is 1.25 bits per heavy atom. The van der Waals surface area contributed by atoms with Gasteiger partial charge in [-0.1, -0.05) is 35.0 Å². The topological polar surface area (TPSA) is 68.0 Å². The lowest BCUT2D eigenvalue weighted by atomic mass is 10.0. The Labute approximate surface area is 136 Å². The van der Waals surface area contributed by atoms with Gasteiger partial charge in [0.2, 0.25) is 0 Å². The van der Waals surface area contributed by atoms with E-state index in [-0.39, 0.29) is 11.3 Å². The van der Waals surface area contributed by atoms with E-state index in [1.54, 1.807) is 6.92 Å². The van der Waals surface area contributed by atoms with Gasteiger partial charge < -0.3 is 9.84 Å². The Morgan fingerprint density at radius 3 is 2.62 bits per heavy atom. The number of aryl methyl sites for hydroxylation is 2. The smallest absolute Gasteiger partial charge is 0.259 e. The second-order valence-corrected chi connectivity index (χ2v) is 5.49. The second-order valence-electron chi connectivity index (χ2n) is 5.49. The molecule has 0 saturated heterocycles. The normalized spacial score (nSPS) is 11.2. The van der Waals surface area contributed by atoms with E-state index < -0.39 is 18.9 Å². The minimum absolute atomic E-state index is 0.202. The first-order valence-corrected chi connectivity index (χ1v) is 7.36. The van der Waals surface area contributed by atoms with Crippen molar-refractivity contribution in [2.24, 2.45) is 0 Å². The molecule has 24 heavy (non-hydrogen) atoms. The number of carbonyl (C=O) groups excluding carboxylic acids is 1. The van der Waals surface area contributed by atoms with Crippen LogP contribution in [0.1, 0.15) is 21.6 Å². The molecule has 0 unspecified atom stereocenters. The van der Waals surface area contributed by atoms with E-state index >= 15 is 0 Å². The summed E-state index contributed by atoms with van der Waals surface area (Å²) >= 11 is 0. The van der Waals surface area contributed by atoms with Gasteiger partial charge in [0.05, 0.1) is 17.5 Å². The van der Waals surface area contributed by atoms with E-state index in [1.807, 2.05) is 31.2 Å². The lowest BCUT2D eigenvalue weighted by Gasteiger charge is -2.07. The van der Waals surface area contributed by atoms with Gasteiger partial charge in [0.15, 0.2) is 0 Å². The molecule has 3 rings (SSSR count). The maximum atomic E-state index is 12.4. The van der Waals surface area contributed by atoms with Gasteiger partial charge in [-0.05, 0) is 19.9 Å². The van der Waals surface area contributed by atoms with Crippen LogP contribution in [0, 0.1) is 13.8 Å². The minimum atomic E-state index is -2.62. The first-order valence-electron chi connectivity index (χ1n) is 7.36. The maximum Gasteiger partial charge on any atom is 0.259 e. The average molecular weight is 331 g/mol. The molecule has 0 radical (unpaired) electrons. The Morgan fingerprint density at radius 2 is 1.96 bits per heavy atom. The van der Waals surface area contributed by atoms with E-state index in [0.29, 0.717) is 16.8 Å². The standard InChI is InChI=1S/C17H15F2N3O2/c1-9-3-5-11(6-4-9)15-14-12(16(23)20-8-13(18)19)7-10(2)21-17(14)24-22-15/h3-7,13H,8H2,1-2H3,(H,20,23). The molecular weight excluding hydrogens is 316 g/mol. The summed E-state index contributed by atoms with van der Waals surface area (Å²) in [5, 5.41) is 6.63. The highest BCUT2D eigenvalue weighted by atomic mass is 19.3. The highest BCUT2D eigenvalue weighted by molar-refractivity contribution is 6.09. The fraction of sp³-hybridized carbons (Fsp3) is 0.235. The molecule has 0 fully saturated rings. The zero-order chi connectivity index (χ0) is 17.3. The van der Waals surface area contributed by atoms with Crippen LogP contribution in [-0.4, -0.2) is 29.0 Å². The number of nitrogens with one attached hydrogen (secondary N) is 1. The van der Waals surface area contributed by atoms with Crippen LogP contribution in [-0.2, 0) is 0 Å². The first-order chi connectivity index (χ1) is 11.5. The van der Waals surface area contributed by atoms with Crippen molar-refractivity contribution < 1.29 is 18.1 Å². The van der Waals surface area contributed by atoms with Crippen molar-refractivity contribution >= 4 is 17.0 Å². The van der Waals surface area contributed by atoms with E-state index in [9.17, 15) is 13.6 Å². The van der Waals surface area contributed by atoms with E-state index in [1.165, 1.54) is 6.07 Å². The number of rotatable bonds is 4. The molecule has 0 bridgehead atoms. The first kappa shape index (κ1) is 16.0. The summed E-state index contributed by atoms with van der Waals surface area (Å²) in [7, 11) is 0. The van der Waals surface area contributed by atoms with Crippen molar-refractivity contribution in [1.29, 1.82) is 0 Å².